The van der Waals surface area contributed by atoms with Crippen molar-refractivity contribution in [3.63, 3.8) is 0 Å². The SMILES string of the molecule is CCNC(=S)Nc1c(C)nn(Cc2ccc(F)cc2Cl)c1C. The molecule has 22 heavy (non-hydrogen) atoms. The van der Waals surface area contributed by atoms with Gasteiger partial charge in [-0.05, 0) is 50.7 Å². The van der Waals surface area contributed by atoms with Gasteiger partial charge in [-0.2, -0.15) is 5.10 Å². The zero-order valence-corrected chi connectivity index (χ0v) is 14.3. The molecule has 0 atom stereocenters. The second-order valence-electron chi connectivity index (χ2n) is 4.92. The van der Waals surface area contributed by atoms with Gasteiger partial charge in [0.1, 0.15) is 5.82 Å². The summed E-state index contributed by atoms with van der Waals surface area (Å²) in [7, 11) is 0. The summed E-state index contributed by atoms with van der Waals surface area (Å²) in [5.74, 6) is -0.347. The van der Waals surface area contributed by atoms with Gasteiger partial charge in [-0.15, -0.1) is 0 Å². The van der Waals surface area contributed by atoms with Gasteiger partial charge in [-0.3, -0.25) is 4.68 Å². The molecule has 0 aliphatic heterocycles. The Balaban J connectivity index is 2.24. The largest absolute Gasteiger partial charge is 0.363 e. The minimum absolute atomic E-state index is 0.347. The van der Waals surface area contributed by atoms with Crippen molar-refractivity contribution in [3.05, 3.63) is 46.0 Å². The first-order valence-electron chi connectivity index (χ1n) is 6.95. The molecule has 4 nitrogen and oxygen atoms in total. The molecule has 2 N–H and O–H groups in total. The molecule has 1 aromatic heterocycles. The van der Waals surface area contributed by atoms with Gasteiger partial charge in [0.25, 0.3) is 0 Å². The van der Waals surface area contributed by atoms with Crippen LogP contribution in [-0.4, -0.2) is 21.4 Å². The zero-order valence-electron chi connectivity index (χ0n) is 12.7. The van der Waals surface area contributed by atoms with Crippen LogP contribution < -0.4 is 10.6 Å². The van der Waals surface area contributed by atoms with Crippen molar-refractivity contribution in [2.75, 3.05) is 11.9 Å². The molecule has 0 saturated carbocycles. The van der Waals surface area contributed by atoms with E-state index in [1.807, 2.05) is 25.5 Å². The van der Waals surface area contributed by atoms with E-state index < -0.39 is 0 Å². The van der Waals surface area contributed by atoms with Gasteiger partial charge in [0, 0.05) is 11.6 Å². The summed E-state index contributed by atoms with van der Waals surface area (Å²) in [5.41, 5.74) is 3.48. The Morgan fingerprint density at radius 3 is 2.77 bits per heavy atom. The monoisotopic (exact) mass is 340 g/mol. The summed E-state index contributed by atoms with van der Waals surface area (Å²) in [4.78, 5) is 0. The Bertz CT molecular complexity index is 699. The molecule has 2 aromatic rings. The van der Waals surface area contributed by atoms with E-state index in [0.29, 0.717) is 16.7 Å². The Morgan fingerprint density at radius 1 is 1.41 bits per heavy atom. The lowest BCUT2D eigenvalue weighted by atomic mass is 10.2. The zero-order chi connectivity index (χ0) is 16.3. The third-order valence-electron chi connectivity index (χ3n) is 3.29. The van der Waals surface area contributed by atoms with E-state index in [2.05, 4.69) is 15.7 Å². The molecule has 0 bridgehead atoms. The predicted octanol–water partition coefficient (Wildman–Crippen LogP) is 3.65. The number of anilines is 1. The van der Waals surface area contributed by atoms with Gasteiger partial charge in [0.2, 0.25) is 0 Å². The molecule has 1 heterocycles. The van der Waals surface area contributed by atoms with Gasteiger partial charge in [-0.1, -0.05) is 17.7 Å². The number of rotatable bonds is 4. The summed E-state index contributed by atoms with van der Waals surface area (Å²) < 4.78 is 14.9. The van der Waals surface area contributed by atoms with Crippen molar-refractivity contribution in [3.8, 4) is 0 Å². The van der Waals surface area contributed by atoms with Crippen LogP contribution in [0.5, 0.6) is 0 Å². The Labute approximate surface area is 139 Å². The van der Waals surface area contributed by atoms with Crippen molar-refractivity contribution in [2.45, 2.75) is 27.3 Å². The van der Waals surface area contributed by atoms with Crippen LogP contribution in [0, 0.1) is 19.7 Å². The van der Waals surface area contributed by atoms with Crippen molar-refractivity contribution in [2.24, 2.45) is 0 Å². The third-order valence-corrected chi connectivity index (χ3v) is 3.89. The smallest absolute Gasteiger partial charge is 0.170 e. The van der Waals surface area contributed by atoms with E-state index in [9.17, 15) is 4.39 Å². The maximum atomic E-state index is 13.1. The number of hydrogen-bond acceptors (Lipinski definition) is 2. The number of aryl methyl sites for hydroxylation is 1. The second kappa shape index (κ2) is 7.07. The summed E-state index contributed by atoms with van der Waals surface area (Å²) in [6.45, 7) is 7.07. The Hall–Kier alpha value is -1.66. The van der Waals surface area contributed by atoms with Crippen LogP contribution >= 0.6 is 23.8 Å². The molecule has 0 saturated heterocycles. The predicted molar refractivity (Wildman–Crippen MR) is 92.1 cm³/mol. The van der Waals surface area contributed by atoms with Crippen LogP contribution in [0.4, 0.5) is 10.1 Å². The van der Waals surface area contributed by atoms with Gasteiger partial charge in [-0.25, -0.2) is 4.39 Å². The van der Waals surface area contributed by atoms with Crippen molar-refractivity contribution < 1.29 is 4.39 Å². The average Bonchev–Trinajstić information content (AvgIpc) is 2.70. The fourth-order valence-corrected chi connectivity index (χ4v) is 2.63. The van der Waals surface area contributed by atoms with Gasteiger partial charge in [0.05, 0.1) is 23.6 Å². The second-order valence-corrected chi connectivity index (χ2v) is 5.74. The molecule has 7 heteroatoms. The first-order valence-corrected chi connectivity index (χ1v) is 7.73. The molecule has 0 aliphatic rings. The van der Waals surface area contributed by atoms with E-state index in [4.69, 9.17) is 23.8 Å². The number of benzene rings is 1. The lowest BCUT2D eigenvalue weighted by Gasteiger charge is -2.10. The number of nitrogens with one attached hydrogen (secondary N) is 2. The van der Waals surface area contributed by atoms with E-state index >= 15 is 0 Å². The molecule has 2 rings (SSSR count). The molecule has 1 aromatic carbocycles. The van der Waals surface area contributed by atoms with Crippen LogP contribution in [-0.2, 0) is 6.54 Å². The van der Waals surface area contributed by atoms with E-state index in [1.165, 1.54) is 12.1 Å². The molecule has 0 amide bonds. The highest BCUT2D eigenvalue weighted by Gasteiger charge is 2.14. The molecule has 0 fully saturated rings. The summed E-state index contributed by atoms with van der Waals surface area (Å²) in [5, 5.41) is 11.6. The highest BCUT2D eigenvalue weighted by Crippen LogP contribution is 2.23. The van der Waals surface area contributed by atoms with Crippen LogP contribution in [0.25, 0.3) is 0 Å². The van der Waals surface area contributed by atoms with E-state index in [0.717, 1.165) is 29.2 Å². The van der Waals surface area contributed by atoms with Crippen LogP contribution in [0.2, 0.25) is 5.02 Å². The van der Waals surface area contributed by atoms with Crippen LogP contribution in [0.3, 0.4) is 0 Å². The minimum Gasteiger partial charge on any atom is -0.363 e. The first kappa shape index (κ1) is 16.7. The van der Waals surface area contributed by atoms with Gasteiger partial charge in [0.15, 0.2) is 5.11 Å². The Kier molecular flexibility index (Phi) is 5.37. The highest BCUT2D eigenvalue weighted by molar-refractivity contribution is 7.80. The number of nitrogens with zero attached hydrogens (tertiary/aromatic N) is 2. The summed E-state index contributed by atoms with van der Waals surface area (Å²) >= 11 is 11.3. The summed E-state index contributed by atoms with van der Waals surface area (Å²) in [6.07, 6.45) is 0. The topological polar surface area (TPSA) is 41.9 Å². The van der Waals surface area contributed by atoms with Crippen molar-refractivity contribution in [1.29, 1.82) is 0 Å². The number of hydrogen-bond donors (Lipinski definition) is 2. The fraction of sp³-hybridized carbons (Fsp3) is 0.333. The van der Waals surface area contributed by atoms with Crippen LogP contribution in [0.1, 0.15) is 23.9 Å². The van der Waals surface area contributed by atoms with Crippen LogP contribution in [0.15, 0.2) is 18.2 Å². The molecular weight excluding hydrogens is 323 g/mol. The highest BCUT2D eigenvalue weighted by atomic mass is 35.5. The van der Waals surface area contributed by atoms with Gasteiger partial charge >= 0.3 is 0 Å². The maximum absolute atomic E-state index is 13.1. The summed E-state index contributed by atoms with van der Waals surface area (Å²) in [6, 6.07) is 4.37. The van der Waals surface area contributed by atoms with E-state index in [-0.39, 0.29) is 5.82 Å². The standard InChI is InChI=1S/C15H18ClFN4S/c1-4-18-15(22)19-14-9(2)20-21(10(14)3)8-11-5-6-12(17)7-13(11)16/h5-7H,4,8H2,1-3H3,(H2,18,19,22). The third kappa shape index (κ3) is 3.75. The number of halogens is 2. The molecule has 0 aliphatic carbocycles. The minimum atomic E-state index is -0.347. The molecule has 118 valence electrons. The Morgan fingerprint density at radius 2 is 2.14 bits per heavy atom. The van der Waals surface area contributed by atoms with Crippen molar-refractivity contribution >= 4 is 34.6 Å². The molecule has 0 spiro atoms. The van der Waals surface area contributed by atoms with Gasteiger partial charge < -0.3 is 10.6 Å². The lowest BCUT2D eigenvalue weighted by Crippen LogP contribution is -2.28. The number of aromatic nitrogens is 2. The molecular formula is C15H18ClFN4S. The average molecular weight is 341 g/mol. The molecule has 0 radical (unpaired) electrons. The fourth-order valence-electron chi connectivity index (χ4n) is 2.16. The lowest BCUT2D eigenvalue weighted by molar-refractivity contribution is 0.622. The number of thiocarbonyl (C=S) groups is 1. The first-order chi connectivity index (χ1) is 10.4. The quantitative estimate of drug-likeness (QED) is 0.834. The molecule has 0 unspecified atom stereocenters. The normalized spacial score (nSPS) is 10.6. The van der Waals surface area contributed by atoms with Crippen molar-refractivity contribution in [1.82, 2.24) is 15.1 Å². The van der Waals surface area contributed by atoms with E-state index in [1.54, 1.807) is 6.07 Å². The maximum Gasteiger partial charge on any atom is 0.170 e.